The third-order valence-corrected chi connectivity index (χ3v) is 6.48. The summed E-state index contributed by atoms with van der Waals surface area (Å²) >= 11 is 5.77. The number of benzene rings is 3. The number of nitrogens with one attached hydrogen (secondary N) is 2. The lowest BCUT2D eigenvalue weighted by Crippen LogP contribution is -2.47. The molecule has 0 bridgehead atoms. The summed E-state index contributed by atoms with van der Waals surface area (Å²) in [5.41, 5.74) is 5.34. The molecule has 7 nitrogen and oxygen atoms in total. The lowest BCUT2D eigenvalue weighted by atomic mass is 10.1. The Balaban J connectivity index is 1.52. The fourth-order valence-electron chi connectivity index (χ4n) is 2.83. The largest absolute Gasteiger partial charge is 0.273 e. The second-order valence-corrected chi connectivity index (χ2v) is 9.15. The first-order chi connectivity index (χ1) is 14.3. The third kappa shape index (κ3) is 5.35. The molecule has 3 rings (SSSR count). The summed E-state index contributed by atoms with van der Waals surface area (Å²) in [4.78, 5) is 24.2. The average molecular weight is 446 g/mol. The van der Waals surface area contributed by atoms with Gasteiger partial charge in [-0.15, -0.1) is 0 Å². The summed E-state index contributed by atoms with van der Waals surface area (Å²) in [7, 11) is -2.58. The molecule has 0 aliphatic rings. The summed E-state index contributed by atoms with van der Waals surface area (Å²) < 4.78 is 25.9. The Kier molecular flexibility index (Phi) is 6.71. The summed E-state index contributed by atoms with van der Waals surface area (Å²) in [6.07, 6.45) is 0.0734. The molecule has 0 fully saturated rings. The molecule has 0 aromatic heterocycles. The van der Waals surface area contributed by atoms with Crippen molar-refractivity contribution in [3.63, 3.8) is 0 Å². The minimum atomic E-state index is -3.86. The first-order valence-corrected chi connectivity index (χ1v) is 10.8. The summed E-state index contributed by atoms with van der Waals surface area (Å²) in [5.74, 6) is -1.08. The molecule has 0 heterocycles. The van der Waals surface area contributed by atoms with E-state index in [-0.39, 0.29) is 11.3 Å². The van der Waals surface area contributed by atoms with Crippen LogP contribution in [-0.2, 0) is 26.0 Å². The van der Waals surface area contributed by atoms with Crippen molar-refractivity contribution in [1.82, 2.24) is 15.2 Å². The van der Waals surface area contributed by atoms with Gasteiger partial charge < -0.3 is 0 Å². The van der Waals surface area contributed by atoms with Gasteiger partial charge in [0.15, 0.2) is 0 Å². The van der Waals surface area contributed by atoms with E-state index >= 15 is 0 Å². The molecular formula is C21H20ClN3O4S. The number of carbonyl (C=O) groups is 2. The third-order valence-electron chi connectivity index (χ3n) is 4.41. The van der Waals surface area contributed by atoms with Crippen molar-refractivity contribution in [3.8, 4) is 0 Å². The van der Waals surface area contributed by atoms with E-state index in [1.807, 2.05) is 42.5 Å². The van der Waals surface area contributed by atoms with E-state index < -0.39 is 28.4 Å². The Labute approximate surface area is 179 Å². The fraction of sp³-hybridized carbons (Fsp3) is 0.143. The number of rotatable bonds is 6. The highest BCUT2D eigenvalue weighted by atomic mass is 35.5. The molecule has 0 unspecified atom stereocenters. The maximum absolute atomic E-state index is 12.5. The molecule has 0 radical (unpaired) electrons. The average Bonchev–Trinajstić information content (AvgIpc) is 2.72. The van der Waals surface area contributed by atoms with E-state index in [9.17, 15) is 18.0 Å². The standard InChI is InChI=1S/C21H20ClN3O4S/c1-25(30(28,29)19-10-8-18(22)9-11-19)14-21(27)24-23-20(26)13-15-6-7-16-4-2-3-5-17(16)12-15/h2-12H,13-14H2,1H3,(H,23,26)(H,24,27). The molecule has 0 atom stereocenters. The van der Waals surface area contributed by atoms with Crippen molar-refractivity contribution in [2.75, 3.05) is 13.6 Å². The number of hydrogen-bond acceptors (Lipinski definition) is 4. The number of halogens is 1. The lowest BCUT2D eigenvalue weighted by Gasteiger charge is -2.17. The Bertz CT molecular complexity index is 1180. The highest BCUT2D eigenvalue weighted by Crippen LogP contribution is 2.17. The maximum Gasteiger partial charge on any atom is 0.253 e. The van der Waals surface area contributed by atoms with Crippen LogP contribution in [0.3, 0.4) is 0 Å². The van der Waals surface area contributed by atoms with Gasteiger partial charge in [0.25, 0.3) is 5.91 Å². The molecule has 0 spiro atoms. The van der Waals surface area contributed by atoms with Crippen LogP contribution in [0, 0.1) is 0 Å². The van der Waals surface area contributed by atoms with Gasteiger partial charge in [-0.2, -0.15) is 4.31 Å². The fourth-order valence-corrected chi connectivity index (χ4v) is 4.08. The molecule has 2 N–H and O–H groups in total. The second kappa shape index (κ2) is 9.25. The van der Waals surface area contributed by atoms with Gasteiger partial charge >= 0.3 is 0 Å². The molecule has 0 aliphatic carbocycles. The van der Waals surface area contributed by atoms with Crippen molar-refractivity contribution in [2.45, 2.75) is 11.3 Å². The van der Waals surface area contributed by atoms with Crippen LogP contribution in [0.1, 0.15) is 5.56 Å². The van der Waals surface area contributed by atoms with Crippen LogP contribution in [0.15, 0.2) is 71.6 Å². The van der Waals surface area contributed by atoms with Gasteiger partial charge in [-0.05, 0) is 40.6 Å². The van der Waals surface area contributed by atoms with E-state index in [2.05, 4.69) is 10.9 Å². The number of carbonyl (C=O) groups excluding carboxylic acids is 2. The topological polar surface area (TPSA) is 95.6 Å². The van der Waals surface area contributed by atoms with Crippen LogP contribution in [0.2, 0.25) is 5.02 Å². The number of amides is 2. The lowest BCUT2D eigenvalue weighted by molar-refractivity contribution is -0.128. The molecule has 30 heavy (non-hydrogen) atoms. The van der Waals surface area contributed by atoms with E-state index in [1.165, 1.54) is 31.3 Å². The van der Waals surface area contributed by atoms with Gasteiger partial charge in [-0.3, -0.25) is 20.4 Å². The number of fused-ring (bicyclic) bond motifs is 1. The van der Waals surface area contributed by atoms with Crippen molar-refractivity contribution in [1.29, 1.82) is 0 Å². The molecule has 3 aromatic rings. The molecule has 3 aromatic carbocycles. The predicted octanol–water partition coefficient (Wildman–Crippen LogP) is 2.50. The monoisotopic (exact) mass is 445 g/mol. The van der Waals surface area contributed by atoms with Gasteiger partial charge in [0.05, 0.1) is 17.9 Å². The van der Waals surface area contributed by atoms with Crippen molar-refractivity contribution in [2.24, 2.45) is 0 Å². The smallest absolute Gasteiger partial charge is 0.253 e. The minimum Gasteiger partial charge on any atom is -0.273 e. The molecule has 0 saturated heterocycles. The maximum atomic E-state index is 12.5. The van der Waals surface area contributed by atoms with E-state index in [4.69, 9.17) is 11.6 Å². The summed E-state index contributed by atoms with van der Waals surface area (Å²) in [5, 5.41) is 2.49. The zero-order chi connectivity index (χ0) is 21.7. The zero-order valence-corrected chi connectivity index (χ0v) is 17.7. The second-order valence-electron chi connectivity index (χ2n) is 6.67. The Hall–Kier alpha value is -2.94. The Morgan fingerprint density at radius 1 is 0.900 bits per heavy atom. The summed E-state index contributed by atoms with van der Waals surface area (Å²) in [6, 6.07) is 19.1. The molecular weight excluding hydrogens is 426 g/mol. The predicted molar refractivity (Wildman–Crippen MR) is 115 cm³/mol. The Morgan fingerprint density at radius 2 is 1.53 bits per heavy atom. The van der Waals surface area contributed by atoms with E-state index in [0.29, 0.717) is 5.02 Å². The summed E-state index contributed by atoms with van der Waals surface area (Å²) in [6.45, 7) is -0.457. The number of sulfonamides is 1. The van der Waals surface area contributed by atoms with Gasteiger partial charge in [-0.25, -0.2) is 8.42 Å². The highest BCUT2D eigenvalue weighted by Gasteiger charge is 2.23. The van der Waals surface area contributed by atoms with Gasteiger partial charge in [0, 0.05) is 12.1 Å². The molecule has 156 valence electrons. The molecule has 0 aliphatic heterocycles. The van der Waals surface area contributed by atoms with Gasteiger partial charge in [0.1, 0.15) is 0 Å². The minimum absolute atomic E-state index is 0.0162. The van der Waals surface area contributed by atoms with Gasteiger partial charge in [0.2, 0.25) is 15.9 Å². The van der Waals surface area contributed by atoms with Crippen LogP contribution in [-0.4, -0.2) is 38.1 Å². The molecule has 9 heteroatoms. The number of hydrogen-bond donors (Lipinski definition) is 2. The van der Waals surface area contributed by atoms with Crippen LogP contribution in [0.25, 0.3) is 10.8 Å². The normalized spacial score (nSPS) is 11.4. The van der Waals surface area contributed by atoms with Crippen molar-refractivity contribution in [3.05, 3.63) is 77.3 Å². The number of nitrogens with zero attached hydrogens (tertiary/aromatic N) is 1. The molecule has 0 saturated carbocycles. The van der Waals surface area contributed by atoms with Crippen molar-refractivity contribution >= 4 is 44.2 Å². The van der Waals surface area contributed by atoms with Crippen LogP contribution >= 0.6 is 11.6 Å². The zero-order valence-electron chi connectivity index (χ0n) is 16.1. The van der Waals surface area contributed by atoms with E-state index in [0.717, 1.165) is 20.6 Å². The van der Waals surface area contributed by atoms with E-state index in [1.54, 1.807) is 0 Å². The highest BCUT2D eigenvalue weighted by molar-refractivity contribution is 7.89. The number of hydrazine groups is 1. The van der Waals surface area contributed by atoms with Gasteiger partial charge in [-0.1, -0.05) is 54.1 Å². The molecule has 2 amide bonds. The SMILES string of the molecule is CN(CC(=O)NNC(=O)Cc1ccc2ccccc2c1)S(=O)(=O)c1ccc(Cl)cc1. The Morgan fingerprint density at radius 3 is 2.23 bits per heavy atom. The first-order valence-electron chi connectivity index (χ1n) is 9.03. The van der Waals surface area contributed by atoms with Crippen LogP contribution < -0.4 is 10.9 Å². The van der Waals surface area contributed by atoms with Crippen molar-refractivity contribution < 1.29 is 18.0 Å². The quantitative estimate of drug-likeness (QED) is 0.570. The number of likely N-dealkylation sites (N-methyl/N-ethyl adjacent to an activating group) is 1. The van der Waals surface area contributed by atoms with Crippen LogP contribution in [0.4, 0.5) is 0 Å². The first kappa shape index (κ1) is 21.8. The van der Waals surface area contributed by atoms with Crippen LogP contribution in [0.5, 0.6) is 0 Å².